The smallest absolute Gasteiger partial charge is 0.140 e. The normalized spacial score (nSPS) is 10.9. The van der Waals surface area contributed by atoms with E-state index in [2.05, 4.69) is 36.8 Å². The SMILES string of the molecule is Fc1cc(Br)c2cc[nH]c2c1Br. The number of nitrogens with one attached hydrogen (secondary N) is 1. The molecule has 0 fully saturated rings. The maximum atomic E-state index is 13.1. The van der Waals surface area contributed by atoms with E-state index in [-0.39, 0.29) is 5.82 Å². The Balaban J connectivity index is 2.97. The number of fused-ring (bicyclic) bond motifs is 1. The molecule has 0 radical (unpaired) electrons. The third-order valence-corrected chi connectivity index (χ3v) is 3.12. The fraction of sp³-hybridized carbons (Fsp3) is 0. The molecule has 0 saturated carbocycles. The summed E-state index contributed by atoms with van der Waals surface area (Å²) in [5.41, 5.74) is 0.780. The summed E-state index contributed by atoms with van der Waals surface area (Å²) in [5.74, 6) is -0.267. The van der Waals surface area contributed by atoms with Crippen molar-refractivity contribution in [3.8, 4) is 0 Å². The number of aromatic amines is 1. The number of aromatic nitrogens is 1. The van der Waals surface area contributed by atoms with Crippen molar-refractivity contribution in [2.24, 2.45) is 0 Å². The third-order valence-electron chi connectivity index (χ3n) is 1.69. The largest absolute Gasteiger partial charge is 0.360 e. The van der Waals surface area contributed by atoms with E-state index in [1.807, 2.05) is 6.07 Å². The van der Waals surface area contributed by atoms with Crippen LogP contribution in [0.3, 0.4) is 0 Å². The first-order chi connectivity index (χ1) is 5.70. The Morgan fingerprint density at radius 3 is 2.83 bits per heavy atom. The molecule has 1 aromatic heterocycles. The first-order valence-corrected chi connectivity index (χ1v) is 4.89. The van der Waals surface area contributed by atoms with E-state index >= 15 is 0 Å². The minimum Gasteiger partial charge on any atom is -0.360 e. The van der Waals surface area contributed by atoms with Crippen molar-refractivity contribution in [3.05, 3.63) is 33.1 Å². The van der Waals surface area contributed by atoms with Gasteiger partial charge < -0.3 is 4.98 Å². The number of halogens is 3. The van der Waals surface area contributed by atoms with Gasteiger partial charge in [-0.1, -0.05) is 0 Å². The molecule has 0 unspecified atom stereocenters. The van der Waals surface area contributed by atoms with Gasteiger partial charge in [0.15, 0.2) is 0 Å². The van der Waals surface area contributed by atoms with Crippen LogP contribution in [-0.4, -0.2) is 4.98 Å². The molecule has 0 spiro atoms. The van der Waals surface area contributed by atoms with Gasteiger partial charge in [0.2, 0.25) is 0 Å². The van der Waals surface area contributed by atoms with Gasteiger partial charge in [-0.2, -0.15) is 0 Å². The lowest BCUT2D eigenvalue weighted by Gasteiger charge is -1.98. The predicted octanol–water partition coefficient (Wildman–Crippen LogP) is 3.83. The molecule has 0 amide bonds. The van der Waals surface area contributed by atoms with E-state index in [0.29, 0.717) is 4.47 Å². The van der Waals surface area contributed by atoms with Gasteiger partial charge in [-0.3, -0.25) is 0 Å². The van der Waals surface area contributed by atoms with Crippen LogP contribution in [0.1, 0.15) is 0 Å². The quantitative estimate of drug-likeness (QED) is 0.710. The number of benzene rings is 1. The highest BCUT2D eigenvalue weighted by molar-refractivity contribution is 9.11. The molecule has 0 aliphatic rings. The standard InChI is InChI=1S/C8H4Br2FN/c9-5-3-6(11)7(10)8-4(5)1-2-12-8/h1-3,12H. The molecule has 1 N–H and O–H groups in total. The van der Waals surface area contributed by atoms with Gasteiger partial charge in [0.25, 0.3) is 0 Å². The molecule has 2 aromatic rings. The molecular weight excluding hydrogens is 289 g/mol. The number of hydrogen-bond acceptors (Lipinski definition) is 0. The third kappa shape index (κ3) is 1.10. The van der Waals surface area contributed by atoms with E-state index in [1.54, 1.807) is 6.20 Å². The van der Waals surface area contributed by atoms with Crippen LogP contribution in [0.5, 0.6) is 0 Å². The Kier molecular flexibility index (Phi) is 1.96. The van der Waals surface area contributed by atoms with Crippen LogP contribution in [0.2, 0.25) is 0 Å². The van der Waals surface area contributed by atoms with Crippen LogP contribution in [0, 0.1) is 5.82 Å². The van der Waals surface area contributed by atoms with Crippen LogP contribution < -0.4 is 0 Å². The summed E-state index contributed by atoms with van der Waals surface area (Å²) >= 11 is 6.45. The zero-order valence-electron chi connectivity index (χ0n) is 5.87. The molecule has 1 nitrogen and oxygen atoms in total. The summed E-state index contributed by atoms with van der Waals surface area (Å²) in [6.07, 6.45) is 1.78. The van der Waals surface area contributed by atoms with Crippen LogP contribution in [0.15, 0.2) is 27.3 Å². The maximum absolute atomic E-state index is 13.1. The molecular formula is C8H4Br2FN. The van der Waals surface area contributed by atoms with Crippen molar-refractivity contribution >= 4 is 42.8 Å². The first kappa shape index (κ1) is 8.26. The van der Waals surface area contributed by atoms with Crippen LogP contribution in [-0.2, 0) is 0 Å². The Morgan fingerprint density at radius 2 is 2.08 bits per heavy atom. The van der Waals surface area contributed by atoms with Crippen molar-refractivity contribution < 1.29 is 4.39 Å². The molecule has 2 rings (SSSR count). The predicted molar refractivity (Wildman–Crippen MR) is 53.7 cm³/mol. The topological polar surface area (TPSA) is 15.8 Å². The second-order valence-corrected chi connectivity index (χ2v) is 4.07. The summed E-state index contributed by atoms with van der Waals surface area (Å²) in [6.45, 7) is 0. The summed E-state index contributed by atoms with van der Waals surface area (Å²) in [5, 5.41) is 0.975. The van der Waals surface area contributed by atoms with Gasteiger partial charge in [0, 0.05) is 16.1 Å². The summed E-state index contributed by atoms with van der Waals surface area (Å²) in [4.78, 5) is 2.95. The van der Waals surface area contributed by atoms with Crippen LogP contribution in [0.25, 0.3) is 10.9 Å². The molecule has 1 heterocycles. The number of rotatable bonds is 0. The molecule has 0 aliphatic heterocycles. The second-order valence-electron chi connectivity index (χ2n) is 2.42. The molecule has 4 heteroatoms. The lowest BCUT2D eigenvalue weighted by atomic mass is 10.2. The fourth-order valence-electron chi connectivity index (χ4n) is 1.12. The highest BCUT2D eigenvalue weighted by Gasteiger charge is 2.08. The van der Waals surface area contributed by atoms with Crippen molar-refractivity contribution in [1.82, 2.24) is 4.98 Å². The Hall–Kier alpha value is -0.350. The summed E-state index contributed by atoms with van der Waals surface area (Å²) in [6, 6.07) is 3.34. The average Bonchev–Trinajstić information content (AvgIpc) is 2.48. The maximum Gasteiger partial charge on any atom is 0.140 e. The minimum atomic E-state index is -0.267. The molecule has 1 aromatic carbocycles. The van der Waals surface area contributed by atoms with Crippen LogP contribution in [0.4, 0.5) is 4.39 Å². The van der Waals surface area contributed by atoms with Gasteiger partial charge >= 0.3 is 0 Å². The van der Waals surface area contributed by atoms with E-state index in [0.717, 1.165) is 15.4 Å². The van der Waals surface area contributed by atoms with Crippen molar-refractivity contribution in [2.45, 2.75) is 0 Å². The first-order valence-electron chi connectivity index (χ1n) is 3.30. The number of H-pyrrole nitrogens is 1. The molecule has 0 atom stereocenters. The van der Waals surface area contributed by atoms with Gasteiger partial charge in [-0.15, -0.1) is 0 Å². The zero-order chi connectivity index (χ0) is 8.72. The lowest BCUT2D eigenvalue weighted by Crippen LogP contribution is -1.80. The van der Waals surface area contributed by atoms with Gasteiger partial charge in [0.1, 0.15) is 5.82 Å². The number of hydrogen-bond donors (Lipinski definition) is 1. The van der Waals surface area contributed by atoms with Crippen molar-refractivity contribution in [2.75, 3.05) is 0 Å². The van der Waals surface area contributed by atoms with E-state index in [9.17, 15) is 4.39 Å². The second kappa shape index (κ2) is 2.85. The highest BCUT2D eigenvalue weighted by atomic mass is 79.9. The Labute approximate surface area is 85.2 Å². The zero-order valence-corrected chi connectivity index (χ0v) is 9.04. The molecule has 12 heavy (non-hydrogen) atoms. The summed E-state index contributed by atoms with van der Waals surface area (Å²) < 4.78 is 14.3. The Morgan fingerprint density at radius 1 is 1.33 bits per heavy atom. The van der Waals surface area contributed by atoms with Crippen LogP contribution >= 0.6 is 31.9 Å². The molecule has 0 aliphatic carbocycles. The van der Waals surface area contributed by atoms with Crippen molar-refractivity contribution in [3.63, 3.8) is 0 Å². The van der Waals surface area contributed by atoms with Gasteiger partial charge in [0.05, 0.1) is 9.99 Å². The summed E-state index contributed by atoms with van der Waals surface area (Å²) in [7, 11) is 0. The van der Waals surface area contributed by atoms with E-state index in [4.69, 9.17) is 0 Å². The molecule has 0 bridgehead atoms. The molecule has 0 saturated heterocycles. The molecule has 62 valence electrons. The lowest BCUT2D eigenvalue weighted by molar-refractivity contribution is 0.622. The highest BCUT2D eigenvalue weighted by Crippen LogP contribution is 2.31. The van der Waals surface area contributed by atoms with Gasteiger partial charge in [-0.25, -0.2) is 4.39 Å². The average molecular weight is 293 g/mol. The minimum absolute atomic E-state index is 0.267. The van der Waals surface area contributed by atoms with Crippen molar-refractivity contribution in [1.29, 1.82) is 0 Å². The Bertz CT molecular complexity index is 436. The van der Waals surface area contributed by atoms with E-state index < -0.39 is 0 Å². The van der Waals surface area contributed by atoms with E-state index in [1.165, 1.54) is 6.07 Å². The van der Waals surface area contributed by atoms with Gasteiger partial charge in [-0.05, 0) is 44.0 Å². The fourth-order valence-corrected chi connectivity index (χ4v) is 2.10. The monoisotopic (exact) mass is 291 g/mol.